The van der Waals surface area contributed by atoms with E-state index in [1.807, 2.05) is 23.9 Å². The Morgan fingerprint density at radius 3 is 2.90 bits per heavy atom. The first-order valence-electron chi connectivity index (χ1n) is 6.94. The summed E-state index contributed by atoms with van der Waals surface area (Å²) in [5, 5.41) is 3.70. The highest BCUT2D eigenvalue weighted by Crippen LogP contribution is 2.30. The summed E-state index contributed by atoms with van der Waals surface area (Å²) < 4.78 is 0. The number of carbonyl (C=O) groups excluding carboxylic acids is 1. The monoisotopic (exact) mass is 308 g/mol. The fourth-order valence-electron chi connectivity index (χ4n) is 2.57. The molecule has 0 aliphatic heterocycles. The number of hydrogen-bond acceptors (Lipinski definition) is 3. The van der Waals surface area contributed by atoms with Crippen LogP contribution in [0.4, 0.5) is 0 Å². The maximum absolute atomic E-state index is 12.3. The minimum atomic E-state index is -0.0308. The van der Waals surface area contributed by atoms with E-state index >= 15 is 0 Å². The Morgan fingerprint density at radius 2 is 2.20 bits per heavy atom. The van der Waals surface area contributed by atoms with Gasteiger partial charge in [-0.15, -0.1) is 0 Å². The molecular weight excluding hydrogens is 288 g/mol. The molecule has 108 valence electrons. The molecule has 0 spiro atoms. The van der Waals surface area contributed by atoms with Gasteiger partial charge in [-0.25, -0.2) is 0 Å². The van der Waals surface area contributed by atoms with E-state index in [1.165, 1.54) is 12.8 Å². The molecule has 3 N–H and O–H groups in total. The predicted molar refractivity (Wildman–Crippen MR) is 89.4 cm³/mol. The minimum absolute atomic E-state index is 0.0308. The van der Waals surface area contributed by atoms with Crippen molar-refractivity contribution in [2.24, 2.45) is 5.73 Å². The molecule has 3 nitrogen and oxygen atoms in total. The van der Waals surface area contributed by atoms with Crippen molar-refractivity contribution >= 4 is 34.9 Å². The SMILES string of the molecule is CCSC1CCCC1NC(=O)c1cccc(C(N)=S)c1. The van der Waals surface area contributed by atoms with Crippen molar-refractivity contribution in [3.8, 4) is 0 Å². The van der Waals surface area contributed by atoms with Gasteiger partial charge in [-0.1, -0.05) is 37.7 Å². The van der Waals surface area contributed by atoms with Gasteiger partial charge in [0.15, 0.2) is 0 Å². The zero-order chi connectivity index (χ0) is 14.5. The van der Waals surface area contributed by atoms with Gasteiger partial charge in [0.25, 0.3) is 5.91 Å². The van der Waals surface area contributed by atoms with Crippen LogP contribution in [0.5, 0.6) is 0 Å². The fourth-order valence-corrected chi connectivity index (χ4v) is 3.90. The van der Waals surface area contributed by atoms with Gasteiger partial charge < -0.3 is 11.1 Å². The third kappa shape index (κ3) is 3.73. The first kappa shape index (κ1) is 15.3. The number of benzene rings is 1. The molecule has 2 rings (SSSR count). The highest BCUT2D eigenvalue weighted by Gasteiger charge is 2.28. The van der Waals surface area contributed by atoms with Gasteiger partial charge in [-0.3, -0.25) is 4.79 Å². The van der Waals surface area contributed by atoms with Crippen LogP contribution in [0.15, 0.2) is 24.3 Å². The summed E-state index contributed by atoms with van der Waals surface area (Å²) in [5.41, 5.74) is 6.97. The molecule has 0 bridgehead atoms. The number of nitrogens with two attached hydrogens (primary N) is 1. The number of rotatable bonds is 5. The third-order valence-electron chi connectivity index (χ3n) is 3.56. The molecule has 1 aliphatic carbocycles. The molecule has 1 aliphatic rings. The van der Waals surface area contributed by atoms with E-state index in [0.29, 0.717) is 15.8 Å². The van der Waals surface area contributed by atoms with Crippen molar-refractivity contribution in [2.45, 2.75) is 37.5 Å². The second-order valence-corrected chi connectivity index (χ2v) is 6.91. The predicted octanol–water partition coefficient (Wildman–Crippen LogP) is 2.72. The lowest BCUT2D eigenvalue weighted by Gasteiger charge is -2.20. The molecule has 1 amide bonds. The van der Waals surface area contributed by atoms with Gasteiger partial charge in [-0.2, -0.15) is 11.8 Å². The van der Waals surface area contributed by atoms with Gasteiger partial charge in [0, 0.05) is 22.4 Å². The van der Waals surface area contributed by atoms with Crippen LogP contribution in [-0.2, 0) is 0 Å². The zero-order valence-corrected chi connectivity index (χ0v) is 13.2. The topological polar surface area (TPSA) is 55.1 Å². The van der Waals surface area contributed by atoms with Crippen LogP contribution in [0.1, 0.15) is 42.1 Å². The Bertz CT molecular complexity index is 504. The molecule has 2 atom stereocenters. The van der Waals surface area contributed by atoms with Crippen molar-refractivity contribution in [3.63, 3.8) is 0 Å². The van der Waals surface area contributed by atoms with Crippen LogP contribution >= 0.6 is 24.0 Å². The maximum atomic E-state index is 12.3. The van der Waals surface area contributed by atoms with Gasteiger partial charge >= 0.3 is 0 Å². The van der Waals surface area contributed by atoms with Crippen molar-refractivity contribution < 1.29 is 4.79 Å². The maximum Gasteiger partial charge on any atom is 0.251 e. The summed E-state index contributed by atoms with van der Waals surface area (Å²) in [6.07, 6.45) is 3.45. The van der Waals surface area contributed by atoms with E-state index < -0.39 is 0 Å². The van der Waals surface area contributed by atoms with E-state index in [0.717, 1.165) is 17.7 Å². The van der Waals surface area contributed by atoms with Gasteiger partial charge in [-0.05, 0) is 30.7 Å². The summed E-state index contributed by atoms with van der Waals surface area (Å²) in [7, 11) is 0. The smallest absolute Gasteiger partial charge is 0.251 e. The number of thiocarbonyl (C=S) groups is 1. The summed E-state index contributed by atoms with van der Waals surface area (Å²) in [4.78, 5) is 12.6. The average molecular weight is 308 g/mol. The second kappa shape index (κ2) is 7.09. The summed E-state index contributed by atoms with van der Waals surface area (Å²) in [6, 6.07) is 7.48. The molecule has 1 aromatic rings. The normalized spacial score (nSPS) is 21.6. The molecule has 2 unspecified atom stereocenters. The van der Waals surface area contributed by atoms with Crippen molar-refractivity contribution in [1.29, 1.82) is 0 Å². The molecular formula is C15H20N2OS2. The highest BCUT2D eigenvalue weighted by molar-refractivity contribution is 7.99. The Balaban J connectivity index is 2.04. The minimum Gasteiger partial charge on any atom is -0.389 e. The van der Waals surface area contributed by atoms with Crippen LogP contribution in [0.25, 0.3) is 0 Å². The fraction of sp³-hybridized carbons (Fsp3) is 0.467. The molecule has 1 saturated carbocycles. The van der Waals surface area contributed by atoms with Crippen LogP contribution in [-0.4, -0.2) is 27.9 Å². The Hall–Kier alpha value is -1.07. The Morgan fingerprint density at radius 1 is 1.45 bits per heavy atom. The van der Waals surface area contributed by atoms with E-state index in [-0.39, 0.29) is 11.9 Å². The third-order valence-corrected chi connectivity index (χ3v) is 5.12. The Labute approximate surface area is 129 Å². The molecule has 1 fully saturated rings. The van der Waals surface area contributed by atoms with Crippen LogP contribution in [0, 0.1) is 0 Å². The quantitative estimate of drug-likeness (QED) is 0.821. The summed E-state index contributed by atoms with van der Waals surface area (Å²) >= 11 is 6.88. The molecule has 5 heteroatoms. The van der Waals surface area contributed by atoms with E-state index in [4.69, 9.17) is 18.0 Å². The van der Waals surface area contributed by atoms with Crippen molar-refractivity contribution in [1.82, 2.24) is 5.32 Å². The van der Waals surface area contributed by atoms with Gasteiger partial charge in [0.1, 0.15) is 4.99 Å². The molecule has 0 saturated heterocycles. The average Bonchev–Trinajstić information content (AvgIpc) is 2.86. The Kier molecular flexibility index (Phi) is 5.43. The first-order valence-corrected chi connectivity index (χ1v) is 8.40. The second-order valence-electron chi connectivity index (χ2n) is 4.95. The van der Waals surface area contributed by atoms with E-state index in [9.17, 15) is 4.79 Å². The standard InChI is InChI=1S/C15H20N2OS2/c1-2-20-13-8-4-7-12(13)17-15(18)11-6-3-5-10(9-11)14(16)19/h3,5-6,9,12-13H,2,4,7-8H2,1H3,(H2,16,19)(H,17,18). The van der Waals surface area contributed by atoms with Crippen molar-refractivity contribution in [3.05, 3.63) is 35.4 Å². The zero-order valence-electron chi connectivity index (χ0n) is 11.6. The molecule has 1 aromatic carbocycles. The van der Waals surface area contributed by atoms with Crippen LogP contribution in [0.2, 0.25) is 0 Å². The lowest BCUT2D eigenvalue weighted by Crippen LogP contribution is -2.38. The van der Waals surface area contributed by atoms with E-state index in [1.54, 1.807) is 12.1 Å². The number of thioether (sulfide) groups is 1. The molecule has 0 heterocycles. The molecule has 0 aromatic heterocycles. The van der Waals surface area contributed by atoms with Crippen LogP contribution in [0.3, 0.4) is 0 Å². The number of hydrogen-bond donors (Lipinski definition) is 2. The highest BCUT2D eigenvalue weighted by atomic mass is 32.2. The summed E-state index contributed by atoms with van der Waals surface area (Å²) in [5.74, 6) is 1.06. The molecule has 20 heavy (non-hydrogen) atoms. The lowest BCUT2D eigenvalue weighted by atomic mass is 10.1. The molecule has 0 radical (unpaired) electrons. The largest absolute Gasteiger partial charge is 0.389 e. The van der Waals surface area contributed by atoms with Gasteiger partial charge in [0.2, 0.25) is 0 Å². The first-order chi connectivity index (χ1) is 9.61. The van der Waals surface area contributed by atoms with Crippen LogP contribution < -0.4 is 11.1 Å². The van der Waals surface area contributed by atoms with Crippen molar-refractivity contribution in [2.75, 3.05) is 5.75 Å². The summed E-state index contributed by atoms with van der Waals surface area (Å²) in [6.45, 7) is 2.16. The lowest BCUT2D eigenvalue weighted by molar-refractivity contribution is 0.0938. The number of nitrogens with one attached hydrogen (secondary N) is 1. The number of carbonyl (C=O) groups is 1. The van der Waals surface area contributed by atoms with Gasteiger partial charge in [0.05, 0.1) is 0 Å². The number of amides is 1. The van der Waals surface area contributed by atoms with E-state index in [2.05, 4.69) is 12.2 Å².